The zero-order valence-corrected chi connectivity index (χ0v) is 10.8. The summed E-state index contributed by atoms with van der Waals surface area (Å²) in [6, 6.07) is 0.680. The number of nitrogens with one attached hydrogen (secondary N) is 1. The smallest absolute Gasteiger partial charge is 0.0103 e. The van der Waals surface area contributed by atoms with E-state index in [0.29, 0.717) is 6.04 Å². The first kappa shape index (κ1) is 12.9. The van der Waals surface area contributed by atoms with Gasteiger partial charge in [-0.1, -0.05) is 0 Å². The molecule has 1 heterocycles. The molecule has 0 aromatic carbocycles. The summed E-state index contributed by atoms with van der Waals surface area (Å²) in [5.74, 6) is 9.82. The average Bonchev–Trinajstić information content (AvgIpc) is 2.29. The van der Waals surface area contributed by atoms with E-state index >= 15 is 0 Å². The van der Waals surface area contributed by atoms with Gasteiger partial charge in [0.05, 0.1) is 0 Å². The molecule has 1 aliphatic rings. The second-order valence-corrected chi connectivity index (χ2v) is 5.47. The second kappa shape index (κ2) is 8.07. The van der Waals surface area contributed by atoms with E-state index in [0.717, 1.165) is 12.3 Å². The molecule has 1 aliphatic heterocycles. The van der Waals surface area contributed by atoms with Gasteiger partial charge in [-0.25, -0.2) is 0 Å². The summed E-state index contributed by atoms with van der Waals surface area (Å²) in [6.45, 7) is 1.92. The predicted octanol–water partition coefficient (Wildman–Crippen LogP) is 2.91. The van der Waals surface area contributed by atoms with Crippen LogP contribution in [-0.2, 0) is 0 Å². The second-order valence-electron chi connectivity index (χ2n) is 4.24. The molecular formula is C13H23NS. The lowest BCUT2D eigenvalue weighted by Crippen LogP contribution is -2.29. The molecule has 0 aromatic rings. The summed E-state index contributed by atoms with van der Waals surface area (Å²) in [4.78, 5) is 0. The molecule has 15 heavy (non-hydrogen) atoms. The van der Waals surface area contributed by atoms with Crippen LogP contribution < -0.4 is 5.32 Å². The van der Waals surface area contributed by atoms with E-state index in [4.69, 9.17) is 0 Å². The molecule has 1 unspecified atom stereocenters. The van der Waals surface area contributed by atoms with Gasteiger partial charge in [0.15, 0.2) is 0 Å². The number of rotatable bonds is 5. The van der Waals surface area contributed by atoms with Crippen LogP contribution in [-0.4, -0.2) is 24.6 Å². The summed E-state index contributed by atoms with van der Waals surface area (Å²) in [5, 5.41) is 3.43. The lowest BCUT2D eigenvalue weighted by molar-refractivity contribution is 0.367. The van der Waals surface area contributed by atoms with Crippen molar-refractivity contribution in [2.75, 3.05) is 18.6 Å². The lowest BCUT2D eigenvalue weighted by atomic mass is 9.92. The molecule has 0 amide bonds. The molecule has 1 N–H and O–H groups in total. The van der Waals surface area contributed by atoms with Crippen LogP contribution >= 0.6 is 11.8 Å². The largest absolute Gasteiger partial charge is 0.317 e. The Morgan fingerprint density at radius 3 is 2.73 bits per heavy atom. The summed E-state index contributed by atoms with van der Waals surface area (Å²) < 4.78 is 0. The first-order valence-electron chi connectivity index (χ1n) is 6.01. The SMILES string of the molecule is CC#CCCC(CC1CCSCC1)NC. The fourth-order valence-electron chi connectivity index (χ4n) is 2.14. The van der Waals surface area contributed by atoms with Crippen molar-refractivity contribution in [1.82, 2.24) is 5.32 Å². The van der Waals surface area contributed by atoms with Crippen molar-refractivity contribution >= 4 is 11.8 Å². The Bertz CT molecular complexity index is 210. The van der Waals surface area contributed by atoms with Gasteiger partial charge >= 0.3 is 0 Å². The van der Waals surface area contributed by atoms with E-state index < -0.39 is 0 Å². The molecular weight excluding hydrogens is 202 g/mol. The molecule has 0 aliphatic carbocycles. The summed E-state index contributed by atoms with van der Waals surface area (Å²) in [7, 11) is 2.08. The average molecular weight is 225 g/mol. The quantitative estimate of drug-likeness (QED) is 0.722. The Hall–Kier alpha value is -0.130. The van der Waals surface area contributed by atoms with Crippen LogP contribution in [0.2, 0.25) is 0 Å². The first-order valence-corrected chi connectivity index (χ1v) is 7.17. The Kier molecular flexibility index (Phi) is 6.96. The molecule has 0 bridgehead atoms. The molecule has 1 saturated heterocycles. The molecule has 0 saturated carbocycles. The van der Waals surface area contributed by atoms with Crippen molar-refractivity contribution < 1.29 is 0 Å². The molecule has 1 rings (SSSR count). The van der Waals surface area contributed by atoms with Crippen molar-refractivity contribution in [3.8, 4) is 11.8 Å². The third-order valence-corrected chi connectivity index (χ3v) is 4.21. The first-order chi connectivity index (χ1) is 7.36. The standard InChI is InChI=1S/C13H23NS/c1-3-4-5-6-13(14-2)11-12-7-9-15-10-8-12/h12-14H,5-11H2,1-2H3. The maximum absolute atomic E-state index is 3.43. The van der Waals surface area contributed by atoms with E-state index in [1.807, 2.05) is 6.92 Å². The molecule has 1 fully saturated rings. The van der Waals surface area contributed by atoms with Gasteiger partial charge in [-0.15, -0.1) is 11.8 Å². The number of hydrogen-bond donors (Lipinski definition) is 1. The van der Waals surface area contributed by atoms with E-state index in [1.54, 1.807) is 0 Å². The van der Waals surface area contributed by atoms with Crippen molar-refractivity contribution in [3.05, 3.63) is 0 Å². The molecule has 1 nitrogen and oxygen atoms in total. The number of thioether (sulfide) groups is 1. The highest BCUT2D eigenvalue weighted by atomic mass is 32.2. The topological polar surface area (TPSA) is 12.0 Å². The minimum atomic E-state index is 0.680. The Morgan fingerprint density at radius 2 is 2.13 bits per heavy atom. The fourth-order valence-corrected chi connectivity index (χ4v) is 3.34. The van der Waals surface area contributed by atoms with Gasteiger partial charge in [0.1, 0.15) is 0 Å². The van der Waals surface area contributed by atoms with Gasteiger partial charge < -0.3 is 5.32 Å². The van der Waals surface area contributed by atoms with Crippen LogP contribution in [0.25, 0.3) is 0 Å². The Labute approximate surface area is 98.8 Å². The predicted molar refractivity (Wildman–Crippen MR) is 70.2 cm³/mol. The molecule has 86 valence electrons. The molecule has 0 spiro atoms. The van der Waals surface area contributed by atoms with Gasteiger partial charge in [0.2, 0.25) is 0 Å². The van der Waals surface area contributed by atoms with E-state index in [1.165, 1.54) is 37.2 Å². The molecule has 0 aromatic heterocycles. The fraction of sp³-hybridized carbons (Fsp3) is 0.846. The van der Waals surface area contributed by atoms with Crippen LogP contribution in [0.4, 0.5) is 0 Å². The van der Waals surface area contributed by atoms with Crippen molar-refractivity contribution in [2.45, 2.75) is 45.1 Å². The highest BCUT2D eigenvalue weighted by molar-refractivity contribution is 7.99. The van der Waals surface area contributed by atoms with Crippen LogP contribution in [0.3, 0.4) is 0 Å². The minimum absolute atomic E-state index is 0.680. The molecule has 0 radical (unpaired) electrons. The third-order valence-electron chi connectivity index (χ3n) is 3.16. The summed E-state index contributed by atoms with van der Waals surface area (Å²) in [5.41, 5.74) is 0. The Balaban J connectivity index is 2.21. The van der Waals surface area contributed by atoms with Crippen LogP contribution in [0.5, 0.6) is 0 Å². The number of hydrogen-bond acceptors (Lipinski definition) is 2. The third kappa shape index (κ3) is 5.49. The van der Waals surface area contributed by atoms with Crippen molar-refractivity contribution in [3.63, 3.8) is 0 Å². The Morgan fingerprint density at radius 1 is 1.40 bits per heavy atom. The van der Waals surface area contributed by atoms with Gasteiger partial charge in [-0.05, 0) is 57.1 Å². The summed E-state index contributed by atoms with van der Waals surface area (Å²) in [6.07, 6.45) is 6.44. The van der Waals surface area contributed by atoms with E-state index in [9.17, 15) is 0 Å². The summed E-state index contributed by atoms with van der Waals surface area (Å²) >= 11 is 2.11. The van der Waals surface area contributed by atoms with Crippen LogP contribution in [0.15, 0.2) is 0 Å². The molecule has 1 atom stereocenters. The van der Waals surface area contributed by atoms with E-state index in [-0.39, 0.29) is 0 Å². The minimum Gasteiger partial charge on any atom is -0.317 e. The van der Waals surface area contributed by atoms with Gasteiger partial charge in [-0.3, -0.25) is 0 Å². The monoisotopic (exact) mass is 225 g/mol. The maximum Gasteiger partial charge on any atom is 0.0103 e. The van der Waals surface area contributed by atoms with E-state index in [2.05, 4.69) is 36.0 Å². The van der Waals surface area contributed by atoms with Crippen LogP contribution in [0.1, 0.15) is 39.0 Å². The molecule has 2 heteroatoms. The normalized spacial score (nSPS) is 19.3. The zero-order chi connectivity index (χ0) is 10.9. The maximum atomic E-state index is 3.43. The lowest BCUT2D eigenvalue weighted by Gasteiger charge is -2.25. The highest BCUT2D eigenvalue weighted by Gasteiger charge is 2.17. The van der Waals surface area contributed by atoms with Gasteiger partial charge in [-0.2, -0.15) is 11.8 Å². The van der Waals surface area contributed by atoms with Crippen molar-refractivity contribution in [2.24, 2.45) is 5.92 Å². The van der Waals surface area contributed by atoms with Crippen molar-refractivity contribution in [1.29, 1.82) is 0 Å². The zero-order valence-electron chi connectivity index (χ0n) is 10.0. The van der Waals surface area contributed by atoms with Gasteiger partial charge in [0, 0.05) is 12.5 Å². The van der Waals surface area contributed by atoms with Crippen LogP contribution in [0, 0.1) is 17.8 Å². The highest BCUT2D eigenvalue weighted by Crippen LogP contribution is 2.27. The van der Waals surface area contributed by atoms with Gasteiger partial charge in [0.25, 0.3) is 0 Å².